The lowest BCUT2D eigenvalue weighted by atomic mass is 10.4. The molecule has 2 heterocycles. The average molecular weight is 281 g/mol. The monoisotopic (exact) mass is 281 g/mol. The maximum absolute atomic E-state index is 11.4. The van der Waals surface area contributed by atoms with Crippen LogP contribution in [0.3, 0.4) is 0 Å². The van der Waals surface area contributed by atoms with Crippen LogP contribution in [0.25, 0.3) is 11.5 Å². The third-order valence-corrected chi connectivity index (χ3v) is 3.31. The zero-order chi connectivity index (χ0) is 14.0. The maximum Gasteiger partial charge on any atom is 0.433 e. The van der Waals surface area contributed by atoms with E-state index in [9.17, 15) is 14.9 Å². The quantitative estimate of drug-likeness (QED) is 0.635. The van der Waals surface area contributed by atoms with Crippen molar-refractivity contribution >= 4 is 28.3 Å². The molecule has 100 valence electrons. The number of amides is 1. The van der Waals surface area contributed by atoms with Gasteiger partial charge in [0.1, 0.15) is 10.6 Å². The van der Waals surface area contributed by atoms with Crippen molar-refractivity contribution < 1.29 is 14.1 Å². The Morgan fingerprint density at radius 1 is 1.58 bits per heavy atom. The summed E-state index contributed by atoms with van der Waals surface area (Å²) in [5, 5.41) is 12.8. The highest BCUT2D eigenvalue weighted by Crippen LogP contribution is 2.30. The number of hydrogen-bond donors (Lipinski definition) is 0. The molecule has 0 atom stereocenters. The zero-order valence-corrected chi connectivity index (χ0v) is 11.1. The van der Waals surface area contributed by atoms with Gasteiger partial charge in [-0.2, -0.15) is 0 Å². The summed E-state index contributed by atoms with van der Waals surface area (Å²) in [6, 6.07) is 2.76. The Hall–Kier alpha value is -2.22. The average Bonchev–Trinajstić information content (AvgIpc) is 2.96. The number of carbonyl (C=O) groups excluding carboxylic acids is 1. The van der Waals surface area contributed by atoms with Gasteiger partial charge in [0.25, 0.3) is 0 Å². The van der Waals surface area contributed by atoms with Crippen molar-refractivity contribution in [3.8, 4) is 11.5 Å². The molecule has 2 rings (SSSR count). The van der Waals surface area contributed by atoms with Crippen LogP contribution < -0.4 is 4.90 Å². The summed E-state index contributed by atoms with van der Waals surface area (Å²) in [6.45, 7) is 3.82. The predicted molar refractivity (Wildman–Crippen MR) is 70.2 cm³/mol. The maximum atomic E-state index is 11.4. The normalized spacial score (nSPS) is 10.4. The minimum Gasteiger partial charge on any atom is -0.399 e. The molecule has 1 amide bonds. The molecule has 0 aromatic carbocycles. The topological polar surface area (TPSA) is 89.5 Å². The van der Waals surface area contributed by atoms with Crippen LogP contribution >= 0.6 is 11.3 Å². The van der Waals surface area contributed by atoms with Gasteiger partial charge in [-0.25, -0.2) is 4.98 Å². The Kier molecular flexibility index (Phi) is 3.61. The van der Waals surface area contributed by atoms with E-state index in [-0.39, 0.29) is 11.8 Å². The minimum absolute atomic E-state index is 0.103. The van der Waals surface area contributed by atoms with Crippen molar-refractivity contribution in [2.24, 2.45) is 0 Å². The van der Waals surface area contributed by atoms with Gasteiger partial charge in [0.2, 0.25) is 5.91 Å². The van der Waals surface area contributed by atoms with Gasteiger partial charge in [-0.3, -0.25) is 19.8 Å². The van der Waals surface area contributed by atoms with Gasteiger partial charge < -0.3 is 4.42 Å². The number of furan rings is 1. The van der Waals surface area contributed by atoms with E-state index < -0.39 is 4.92 Å². The smallest absolute Gasteiger partial charge is 0.399 e. The van der Waals surface area contributed by atoms with E-state index >= 15 is 0 Å². The Bertz CT molecular complexity index is 619. The number of thiazole rings is 1. The molecule has 0 unspecified atom stereocenters. The summed E-state index contributed by atoms with van der Waals surface area (Å²) < 4.78 is 5.06. The third-order valence-electron chi connectivity index (χ3n) is 2.44. The Morgan fingerprint density at radius 2 is 2.32 bits per heavy atom. The number of nitro groups is 1. The number of nitrogens with zero attached hydrogens (tertiary/aromatic N) is 3. The summed E-state index contributed by atoms with van der Waals surface area (Å²) in [6.07, 6.45) is 0. The zero-order valence-electron chi connectivity index (χ0n) is 10.3. The number of rotatable bonds is 4. The molecule has 19 heavy (non-hydrogen) atoms. The van der Waals surface area contributed by atoms with Crippen LogP contribution in [0.5, 0.6) is 0 Å². The SMILES string of the molecule is CCN(C(C)=O)c1nc(-c2ccc([N+](=O)[O-])o2)cs1. The van der Waals surface area contributed by atoms with Crippen molar-refractivity contribution in [1.29, 1.82) is 0 Å². The summed E-state index contributed by atoms with van der Waals surface area (Å²) in [5.74, 6) is -0.119. The highest BCUT2D eigenvalue weighted by atomic mass is 32.1. The summed E-state index contributed by atoms with van der Waals surface area (Å²) in [4.78, 5) is 27.1. The van der Waals surface area contributed by atoms with E-state index in [1.54, 1.807) is 5.38 Å². The summed E-state index contributed by atoms with van der Waals surface area (Å²) in [5.41, 5.74) is 0.479. The predicted octanol–water partition coefficient (Wildman–Crippen LogP) is 2.68. The molecule has 0 N–H and O–H groups in total. The minimum atomic E-state index is -0.606. The van der Waals surface area contributed by atoms with Crippen LogP contribution in [-0.4, -0.2) is 22.4 Å². The number of carbonyl (C=O) groups is 1. The van der Waals surface area contributed by atoms with Crippen molar-refractivity contribution in [3.05, 3.63) is 27.6 Å². The first-order valence-corrected chi connectivity index (χ1v) is 6.39. The molecular weight excluding hydrogens is 270 g/mol. The highest BCUT2D eigenvalue weighted by Gasteiger charge is 2.18. The van der Waals surface area contributed by atoms with Gasteiger partial charge in [-0.15, -0.1) is 11.3 Å². The molecule has 0 saturated carbocycles. The molecule has 0 radical (unpaired) electrons. The molecule has 0 aliphatic carbocycles. The second-order valence-corrected chi connectivity index (χ2v) is 4.51. The van der Waals surface area contributed by atoms with Crippen LogP contribution in [0, 0.1) is 10.1 Å². The largest absolute Gasteiger partial charge is 0.433 e. The van der Waals surface area contributed by atoms with E-state index in [0.29, 0.717) is 23.1 Å². The van der Waals surface area contributed by atoms with Gasteiger partial charge in [0.05, 0.1) is 6.07 Å². The molecule has 2 aromatic heterocycles. The van der Waals surface area contributed by atoms with Crippen LogP contribution in [0.1, 0.15) is 13.8 Å². The van der Waals surface area contributed by atoms with Gasteiger partial charge >= 0.3 is 5.88 Å². The first-order valence-electron chi connectivity index (χ1n) is 5.51. The number of aromatic nitrogens is 1. The lowest BCUT2D eigenvalue weighted by Gasteiger charge is -2.14. The standard InChI is InChI=1S/C11H11N3O4S/c1-3-13(7(2)15)11-12-8(6-19-11)9-4-5-10(18-9)14(16)17/h4-6H,3H2,1-2H3. The highest BCUT2D eigenvalue weighted by molar-refractivity contribution is 7.14. The molecule has 0 saturated heterocycles. The van der Waals surface area contributed by atoms with E-state index in [1.807, 2.05) is 6.92 Å². The van der Waals surface area contributed by atoms with Crippen LogP contribution in [-0.2, 0) is 4.79 Å². The Labute approximate surface area is 112 Å². The van der Waals surface area contributed by atoms with Gasteiger partial charge in [-0.05, 0) is 13.0 Å². The van der Waals surface area contributed by atoms with Gasteiger partial charge in [-0.1, -0.05) is 0 Å². The molecule has 0 aliphatic rings. The second-order valence-electron chi connectivity index (χ2n) is 3.67. The molecular formula is C11H11N3O4S. The third kappa shape index (κ3) is 2.63. The van der Waals surface area contributed by atoms with E-state index in [1.165, 1.54) is 35.3 Å². The molecule has 8 heteroatoms. The fourth-order valence-electron chi connectivity index (χ4n) is 1.56. The lowest BCUT2D eigenvalue weighted by Crippen LogP contribution is -2.27. The van der Waals surface area contributed by atoms with E-state index in [0.717, 1.165) is 0 Å². The lowest BCUT2D eigenvalue weighted by molar-refractivity contribution is -0.401. The number of anilines is 1. The van der Waals surface area contributed by atoms with Crippen molar-refractivity contribution in [1.82, 2.24) is 4.98 Å². The molecule has 0 spiro atoms. The molecule has 0 bridgehead atoms. The van der Waals surface area contributed by atoms with Crippen LogP contribution in [0.4, 0.5) is 11.0 Å². The molecule has 0 fully saturated rings. The summed E-state index contributed by atoms with van der Waals surface area (Å²) >= 11 is 1.29. The van der Waals surface area contributed by atoms with Crippen molar-refractivity contribution in [2.45, 2.75) is 13.8 Å². The van der Waals surface area contributed by atoms with Gasteiger partial charge in [0, 0.05) is 18.8 Å². The van der Waals surface area contributed by atoms with Crippen molar-refractivity contribution in [2.75, 3.05) is 11.4 Å². The Morgan fingerprint density at radius 3 is 2.84 bits per heavy atom. The summed E-state index contributed by atoms with van der Waals surface area (Å²) in [7, 11) is 0. The van der Waals surface area contributed by atoms with Crippen molar-refractivity contribution in [3.63, 3.8) is 0 Å². The molecule has 7 nitrogen and oxygen atoms in total. The second kappa shape index (κ2) is 5.19. The first-order chi connectivity index (χ1) is 9.02. The fraction of sp³-hybridized carbons (Fsp3) is 0.273. The Balaban J connectivity index is 2.29. The first kappa shape index (κ1) is 13.2. The number of hydrogen-bond acceptors (Lipinski definition) is 6. The molecule has 0 aliphatic heterocycles. The van der Waals surface area contributed by atoms with E-state index in [2.05, 4.69) is 4.98 Å². The van der Waals surface area contributed by atoms with E-state index in [4.69, 9.17) is 4.42 Å². The van der Waals surface area contributed by atoms with Crippen LogP contribution in [0.15, 0.2) is 21.9 Å². The van der Waals surface area contributed by atoms with Gasteiger partial charge in [0.15, 0.2) is 10.9 Å². The van der Waals surface area contributed by atoms with Crippen LogP contribution in [0.2, 0.25) is 0 Å². The fourth-order valence-corrected chi connectivity index (χ4v) is 2.48. The molecule has 2 aromatic rings.